The maximum absolute atomic E-state index is 12.2. The van der Waals surface area contributed by atoms with Crippen molar-refractivity contribution in [1.29, 1.82) is 0 Å². The fourth-order valence-electron chi connectivity index (χ4n) is 3.32. The summed E-state index contributed by atoms with van der Waals surface area (Å²) in [7, 11) is 3.19. The highest BCUT2D eigenvalue weighted by molar-refractivity contribution is 5.73. The second-order valence-electron chi connectivity index (χ2n) is 7.70. The van der Waals surface area contributed by atoms with Crippen molar-refractivity contribution in [3.63, 3.8) is 0 Å². The molecule has 152 valence electrons. The van der Waals surface area contributed by atoms with E-state index in [1.165, 1.54) is 0 Å². The minimum atomic E-state index is -0.188. The molecule has 1 fully saturated rings. The van der Waals surface area contributed by atoms with Gasteiger partial charge in [0.15, 0.2) is 11.5 Å². The zero-order valence-electron chi connectivity index (χ0n) is 17.3. The van der Waals surface area contributed by atoms with Gasteiger partial charge in [-0.05, 0) is 45.4 Å². The van der Waals surface area contributed by atoms with E-state index < -0.39 is 0 Å². The molecule has 7 heteroatoms. The number of rotatable bonds is 7. The smallest absolute Gasteiger partial charge is 0.315 e. The number of hydrogen-bond donors (Lipinski definition) is 2. The lowest BCUT2D eigenvalue weighted by atomic mass is 10.00. The summed E-state index contributed by atoms with van der Waals surface area (Å²) < 4.78 is 16.3. The molecule has 1 heterocycles. The Morgan fingerprint density at radius 3 is 2.37 bits per heavy atom. The molecule has 0 aliphatic carbocycles. The van der Waals surface area contributed by atoms with Crippen LogP contribution in [0.3, 0.4) is 0 Å². The third-order valence-corrected chi connectivity index (χ3v) is 4.86. The first-order chi connectivity index (χ1) is 12.7. The van der Waals surface area contributed by atoms with E-state index in [1.54, 1.807) is 14.2 Å². The molecular formula is C20H33N3O4. The summed E-state index contributed by atoms with van der Waals surface area (Å²) in [4.78, 5) is 14.6. The fourth-order valence-corrected chi connectivity index (χ4v) is 3.32. The first-order valence-electron chi connectivity index (χ1n) is 9.38. The van der Waals surface area contributed by atoms with Gasteiger partial charge in [0.1, 0.15) is 0 Å². The largest absolute Gasteiger partial charge is 0.493 e. The second kappa shape index (κ2) is 9.28. The summed E-state index contributed by atoms with van der Waals surface area (Å²) >= 11 is 0. The number of morpholine rings is 1. The maximum atomic E-state index is 12.2. The Balaban J connectivity index is 1.83. The van der Waals surface area contributed by atoms with Gasteiger partial charge in [-0.15, -0.1) is 0 Å². The van der Waals surface area contributed by atoms with Crippen molar-refractivity contribution < 1.29 is 19.0 Å². The van der Waals surface area contributed by atoms with Crippen LogP contribution in [0.1, 0.15) is 33.3 Å². The Hall–Kier alpha value is -1.99. The monoisotopic (exact) mass is 379 g/mol. The number of urea groups is 1. The van der Waals surface area contributed by atoms with Gasteiger partial charge in [0.25, 0.3) is 0 Å². The fraction of sp³-hybridized carbons (Fsp3) is 0.650. The predicted octanol–water partition coefficient (Wildman–Crippen LogP) is 2.39. The minimum absolute atomic E-state index is 0.146. The first-order valence-corrected chi connectivity index (χ1v) is 9.38. The number of nitrogens with zero attached hydrogens (tertiary/aromatic N) is 1. The first kappa shape index (κ1) is 21.3. The molecule has 0 spiro atoms. The van der Waals surface area contributed by atoms with Gasteiger partial charge < -0.3 is 24.8 Å². The molecule has 0 unspecified atom stereocenters. The van der Waals surface area contributed by atoms with E-state index in [0.717, 1.165) is 18.7 Å². The van der Waals surface area contributed by atoms with E-state index in [4.69, 9.17) is 14.2 Å². The van der Waals surface area contributed by atoms with Crippen molar-refractivity contribution in [2.75, 3.05) is 33.9 Å². The van der Waals surface area contributed by atoms with Gasteiger partial charge in [0, 0.05) is 31.7 Å². The van der Waals surface area contributed by atoms with Gasteiger partial charge in [-0.25, -0.2) is 4.79 Å². The van der Waals surface area contributed by atoms with Crippen molar-refractivity contribution in [2.24, 2.45) is 0 Å². The average molecular weight is 380 g/mol. The van der Waals surface area contributed by atoms with Crippen LogP contribution in [-0.4, -0.2) is 62.5 Å². The van der Waals surface area contributed by atoms with Crippen LogP contribution in [-0.2, 0) is 11.3 Å². The molecule has 0 aromatic heterocycles. The summed E-state index contributed by atoms with van der Waals surface area (Å²) in [5.41, 5.74) is 0.797. The van der Waals surface area contributed by atoms with Gasteiger partial charge in [-0.3, -0.25) is 4.90 Å². The lowest BCUT2D eigenvalue weighted by Gasteiger charge is -2.45. The van der Waals surface area contributed by atoms with Crippen LogP contribution < -0.4 is 20.1 Å². The highest BCUT2D eigenvalue weighted by Crippen LogP contribution is 2.27. The van der Waals surface area contributed by atoms with E-state index in [9.17, 15) is 4.79 Å². The zero-order chi connectivity index (χ0) is 20.0. The molecule has 0 bridgehead atoms. The van der Waals surface area contributed by atoms with Gasteiger partial charge in [-0.2, -0.15) is 0 Å². The normalized spacial score (nSPS) is 20.8. The Morgan fingerprint density at radius 1 is 1.15 bits per heavy atom. The molecule has 2 atom stereocenters. The molecule has 1 aliphatic rings. The van der Waals surface area contributed by atoms with Crippen LogP contribution in [0.4, 0.5) is 4.79 Å². The lowest BCUT2D eigenvalue weighted by Crippen LogP contribution is -2.59. The highest BCUT2D eigenvalue weighted by Gasteiger charge is 2.33. The quantitative estimate of drug-likeness (QED) is 0.761. The second-order valence-corrected chi connectivity index (χ2v) is 7.70. The number of benzene rings is 1. The van der Waals surface area contributed by atoms with Crippen molar-refractivity contribution in [2.45, 2.75) is 52.0 Å². The number of hydrogen-bond acceptors (Lipinski definition) is 5. The number of nitrogens with one attached hydrogen (secondary N) is 2. The third kappa shape index (κ3) is 6.01. The van der Waals surface area contributed by atoms with Crippen LogP contribution >= 0.6 is 0 Å². The molecule has 2 amide bonds. The topological polar surface area (TPSA) is 72.1 Å². The predicted molar refractivity (Wildman–Crippen MR) is 105 cm³/mol. The molecule has 2 N–H and O–H groups in total. The van der Waals surface area contributed by atoms with E-state index in [-0.39, 0.29) is 23.8 Å². The van der Waals surface area contributed by atoms with E-state index in [0.29, 0.717) is 24.6 Å². The summed E-state index contributed by atoms with van der Waals surface area (Å²) in [6, 6.07) is 5.41. The van der Waals surface area contributed by atoms with Crippen molar-refractivity contribution >= 4 is 6.03 Å². The molecule has 1 aromatic rings. The Bertz CT molecular complexity index is 626. The SMILES string of the molecule is COc1ccc(CNC(=O)NCC(C)(C)N2C[C@H](C)O[C@@H](C)C2)cc1OC. The maximum Gasteiger partial charge on any atom is 0.315 e. The third-order valence-electron chi connectivity index (χ3n) is 4.86. The van der Waals surface area contributed by atoms with Gasteiger partial charge >= 0.3 is 6.03 Å². The van der Waals surface area contributed by atoms with Crippen LogP contribution in [0.5, 0.6) is 11.5 Å². The van der Waals surface area contributed by atoms with Gasteiger partial charge in [-0.1, -0.05) is 6.07 Å². The molecular weight excluding hydrogens is 346 g/mol. The van der Waals surface area contributed by atoms with Crippen molar-refractivity contribution in [1.82, 2.24) is 15.5 Å². The summed E-state index contributed by atoms with van der Waals surface area (Å²) in [6.07, 6.45) is 0.402. The molecule has 0 saturated carbocycles. The van der Waals surface area contributed by atoms with E-state index in [1.807, 2.05) is 18.2 Å². The number of carbonyl (C=O) groups excluding carboxylic acids is 1. The summed E-state index contributed by atoms with van der Waals surface area (Å²) in [5, 5.41) is 5.87. The van der Waals surface area contributed by atoms with Gasteiger partial charge in [0.2, 0.25) is 0 Å². The van der Waals surface area contributed by atoms with Crippen molar-refractivity contribution in [3.8, 4) is 11.5 Å². The number of carbonyl (C=O) groups is 1. The zero-order valence-corrected chi connectivity index (χ0v) is 17.3. The van der Waals surface area contributed by atoms with Crippen LogP contribution in [0.2, 0.25) is 0 Å². The number of methoxy groups -OCH3 is 2. The van der Waals surface area contributed by atoms with Crippen LogP contribution in [0, 0.1) is 0 Å². The highest BCUT2D eigenvalue weighted by atomic mass is 16.5. The van der Waals surface area contributed by atoms with Crippen molar-refractivity contribution in [3.05, 3.63) is 23.8 Å². The Kier molecular flexibility index (Phi) is 7.33. The average Bonchev–Trinajstić information content (AvgIpc) is 2.63. The van der Waals surface area contributed by atoms with Crippen LogP contribution in [0.15, 0.2) is 18.2 Å². The van der Waals surface area contributed by atoms with E-state index in [2.05, 4.69) is 43.2 Å². The standard InChI is InChI=1S/C20H33N3O4/c1-14-11-23(12-15(2)27-14)20(3,4)13-22-19(24)21-10-16-7-8-17(25-5)18(9-16)26-6/h7-9,14-15H,10-13H2,1-6H3,(H2,21,22,24)/t14-,15-/m0/s1. The van der Waals surface area contributed by atoms with Crippen LogP contribution in [0.25, 0.3) is 0 Å². The molecule has 27 heavy (non-hydrogen) atoms. The minimum Gasteiger partial charge on any atom is -0.493 e. The summed E-state index contributed by atoms with van der Waals surface area (Å²) in [6.45, 7) is 11.2. The lowest BCUT2D eigenvalue weighted by molar-refractivity contribution is -0.0947. The molecule has 2 rings (SSSR count). The summed E-state index contributed by atoms with van der Waals surface area (Å²) in [5.74, 6) is 1.32. The number of amides is 2. The Labute approximate surface area is 162 Å². The molecule has 7 nitrogen and oxygen atoms in total. The molecule has 1 aliphatic heterocycles. The number of ether oxygens (including phenoxy) is 3. The Morgan fingerprint density at radius 2 is 1.78 bits per heavy atom. The molecule has 1 saturated heterocycles. The van der Waals surface area contributed by atoms with E-state index >= 15 is 0 Å². The van der Waals surface area contributed by atoms with Gasteiger partial charge in [0.05, 0.1) is 26.4 Å². The molecule has 1 aromatic carbocycles. The molecule has 0 radical (unpaired) electrons.